The number of rotatable bonds is 17. The molecule has 0 atom stereocenters. The smallest absolute Gasteiger partial charge is 0.158 e. The molecule has 1 aromatic heterocycles. The van der Waals surface area contributed by atoms with Gasteiger partial charge in [0.1, 0.15) is 6.54 Å². The third-order valence-electron chi connectivity index (χ3n) is 5.28. The van der Waals surface area contributed by atoms with Gasteiger partial charge in [-0.05, 0) is 25.0 Å². The Bertz CT molecular complexity index is 383. The number of hydrogen-bond donors (Lipinski definition) is 0. The molecule has 1 heterocycles. The first-order valence-corrected chi connectivity index (χ1v) is 11.0. The zero-order valence-electron chi connectivity index (χ0n) is 17.4. The van der Waals surface area contributed by atoms with E-state index in [1.807, 2.05) is 6.07 Å². The topological polar surface area (TPSA) is 13.1 Å². The molecule has 0 N–H and O–H groups in total. The van der Waals surface area contributed by atoms with Gasteiger partial charge in [0.05, 0.1) is 26.9 Å². The van der Waals surface area contributed by atoms with Gasteiger partial charge in [-0.25, -0.2) is 0 Å². The lowest BCUT2D eigenvalue weighted by Gasteiger charge is -2.28. The fourth-order valence-corrected chi connectivity index (χ4v) is 3.64. The van der Waals surface area contributed by atoms with E-state index in [2.05, 4.69) is 27.1 Å². The number of unbranched alkanes of at least 4 members (excludes halogenated alkanes) is 13. The summed E-state index contributed by atoms with van der Waals surface area (Å²) in [5, 5.41) is 0. The molecule has 25 heavy (non-hydrogen) atoms. The molecule has 1 rings (SSSR count). The molecule has 0 radical (unpaired) electrons. The monoisotopic (exact) mass is 350 g/mol. The summed E-state index contributed by atoms with van der Waals surface area (Å²) in [7, 11) is 4.62. The molecule has 2 heteroatoms. The van der Waals surface area contributed by atoms with Crippen LogP contribution >= 0.6 is 0 Å². The molecule has 0 aliphatic rings. The predicted octanol–water partition coefficient (Wildman–Crippen LogP) is 7.34. The van der Waals surface area contributed by atoms with Crippen LogP contribution in [0.25, 0.3) is 0 Å². The van der Waals surface area contributed by atoms with Crippen LogP contribution in [0.3, 0.4) is 0 Å². The van der Waals surface area contributed by atoms with Crippen molar-refractivity contribution in [3.05, 3.63) is 24.2 Å². The van der Waals surface area contributed by atoms with Crippen LogP contribution in [0.1, 0.15) is 103 Å². The first-order valence-electron chi connectivity index (χ1n) is 11.0. The summed E-state index contributed by atoms with van der Waals surface area (Å²) in [6.45, 7) is 4.55. The minimum atomic E-state index is 1.01. The Hall–Kier alpha value is -0.760. The van der Waals surface area contributed by atoms with E-state index < -0.39 is 0 Å². The Balaban J connectivity index is 1.82. The molecule has 0 bridgehead atoms. The van der Waals surface area contributed by atoms with E-state index in [0.29, 0.717) is 0 Å². The maximum atomic E-state index is 5.48. The lowest BCUT2D eigenvalue weighted by molar-refractivity contribution is -0.904. The molecule has 1 aromatic rings. The number of hydrogen-bond acceptors (Lipinski definition) is 1. The molecular formula is C23H44NO+. The van der Waals surface area contributed by atoms with Crippen molar-refractivity contribution in [1.29, 1.82) is 0 Å². The molecule has 0 unspecified atom stereocenters. The van der Waals surface area contributed by atoms with Crippen molar-refractivity contribution >= 4 is 0 Å². The van der Waals surface area contributed by atoms with E-state index in [1.54, 1.807) is 6.26 Å². The fraction of sp³-hybridized carbons (Fsp3) is 0.826. The lowest BCUT2D eigenvalue weighted by Crippen LogP contribution is -2.39. The molecule has 0 aliphatic carbocycles. The van der Waals surface area contributed by atoms with Crippen LogP contribution in [-0.4, -0.2) is 25.1 Å². The Kier molecular flexibility index (Phi) is 12.8. The second-order valence-electron chi connectivity index (χ2n) is 8.49. The Morgan fingerprint density at radius 3 is 1.64 bits per heavy atom. The predicted molar refractivity (Wildman–Crippen MR) is 110 cm³/mol. The average molecular weight is 351 g/mol. The van der Waals surface area contributed by atoms with Crippen molar-refractivity contribution in [2.45, 2.75) is 103 Å². The molecule has 0 saturated carbocycles. The Labute approximate surface area is 157 Å². The molecule has 0 spiro atoms. The Morgan fingerprint density at radius 1 is 0.720 bits per heavy atom. The van der Waals surface area contributed by atoms with Gasteiger partial charge < -0.3 is 8.90 Å². The minimum Gasteiger partial charge on any atom is -0.463 e. The van der Waals surface area contributed by atoms with Gasteiger partial charge in [0, 0.05) is 0 Å². The van der Waals surface area contributed by atoms with E-state index >= 15 is 0 Å². The van der Waals surface area contributed by atoms with E-state index in [0.717, 1.165) is 16.8 Å². The van der Waals surface area contributed by atoms with Crippen LogP contribution in [0.2, 0.25) is 0 Å². The molecule has 0 saturated heterocycles. The SMILES string of the molecule is CCCCCCCCCCCCCCCC[N+](C)(C)Cc1ccco1. The van der Waals surface area contributed by atoms with E-state index in [1.165, 1.54) is 96.4 Å². The van der Waals surface area contributed by atoms with Crippen molar-refractivity contribution < 1.29 is 8.90 Å². The molecule has 0 fully saturated rings. The van der Waals surface area contributed by atoms with Gasteiger partial charge in [0.25, 0.3) is 0 Å². The zero-order chi connectivity index (χ0) is 18.2. The fourth-order valence-electron chi connectivity index (χ4n) is 3.64. The van der Waals surface area contributed by atoms with Crippen LogP contribution in [0.5, 0.6) is 0 Å². The summed E-state index contributed by atoms with van der Waals surface area (Å²) in [6.07, 6.45) is 21.8. The number of furan rings is 1. The third-order valence-corrected chi connectivity index (χ3v) is 5.28. The van der Waals surface area contributed by atoms with Gasteiger partial charge in [0.15, 0.2) is 5.76 Å². The van der Waals surface area contributed by atoms with Crippen molar-refractivity contribution in [2.24, 2.45) is 0 Å². The van der Waals surface area contributed by atoms with Crippen LogP contribution < -0.4 is 0 Å². The van der Waals surface area contributed by atoms with E-state index in [4.69, 9.17) is 4.42 Å². The van der Waals surface area contributed by atoms with Crippen molar-refractivity contribution in [1.82, 2.24) is 0 Å². The molecule has 0 aliphatic heterocycles. The summed E-state index contributed by atoms with van der Waals surface area (Å²) in [6, 6.07) is 4.08. The van der Waals surface area contributed by atoms with Crippen LogP contribution in [0.4, 0.5) is 0 Å². The van der Waals surface area contributed by atoms with Crippen LogP contribution in [-0.2, 0) is 6.54 Å². The lowest BCUT2D eigenvalue weighted by atomic mass is 10.0. The summed E-state index contributed by atoms with van der Waals surface area (Å²) in [5.74, 6) is 1.11. The highest BCUT2D eigenvalue weighted by molar-refractivity contribution is 4.96. The highest BCUT2D eigenvalue weighted by Crippen LogP contribution is 2.15. The van der Waals surface area contributed by atoms with Crippen molar-refractivity contribution in [3.8, 4) is 0 Å². The van der Waals surface area contributed by atoms with E-state index in [9.17, 15) is 0 Å². The summed E-state index contributed by atoms with van der Waals surface area (Å²) in [5.41, 5.74) is 0. The van der Waals surface area contributed by atoms with Crippen molar-refractivity contribution in [3.63, 3.8) is 0 Å². The number of quaternary nitrogens is 1. The average Bonchev–Trinajstić information content (AvgIpc) is 3.07. The van der Waals surface area contributed by atoms with Crippen LogP contribution in [0.15, 0.2) is 22.8 Å². The Morgan fingerprint density at radius 2 is 1.20 bits per heavy atom. The molecular weight excluding hydrogens is 306 g/mol. The van der Waals surface area contributed by atoms with Gasteiger partial charge in [0.2, 0.25) is 0 Å². The highest BCUT2D eigenvalue weighted by Gasteiger charge is 2.16. The first-order chi connectivity index (χ1) is 12.1. The summed E-state index contributed by atoms with van der Waals surface area (Å²) < 4.78 is 6.51. The molecule has 2 nitrogen and oxygen atoms in total. The van der Waals surface area contributed by atoms with Gasteiger partial charge in [-0.3, -0.25) is 0 Å². The quantitative estimate of drug-likeness (QED) is 0.212. The molecule has 0 amide bonds. The van der Waals surface area contributed by atoms with Gasteiger partial charge in [-0.15, -0.1) is 0 Å². The first kappa shape index (κ1) is 22.3. The van der Waals surface area contributed by atoms with Crippen LogP contribution in [0, 0.1) is 0 Å². The standard InChI is InChI=1S/C23H44NO/c1-4-5-6-7-8-9-10-11-12-13-14-15-16-17-20-24(2,3)22-23-19-18-21-25-23/h18-19,21H,4-17,20,22H2,1-3H3/q+1. The van der Waals surface area contributed by atoms with Gasteiger partial charge >= 0.3 is 0 Å². The zero-order valence-corrected chi connectivity index (χ0v) is 17.4. The van der Waals surface area contributed by atoms with E-state index in [-0.39, 0.29) is 0 Å². The maximum Gasteiger partial charge on any atom is 0.158 e. The summed E-state index contributed by atoms with van der Waals surface area (Å²) in [4.78, 5) is 0. The van der Waals surface area contributed by atoms with Gasteiger partial charge in [-0.1, -0.05) is 84.0 Å². The van der Waals surface area contributed by atoms with Crippen molar-refractivity contribution in [2.75, 3.05) is 20.6 Å². The van der Waals surface area contributed by atoms with Gasteiger partial charge in [-0.2, -0.15) is 0 Å². The summed E-state index contributed by atoms with van der Waals surface area (Å²) >= 11 is 0. The maximum absolute atomic E-state index is 5.48. The largest absolute Gasteiger partial charge is 0.463 e. The number of nitrogens with zero attached hydrogens (tertiary/aromatic N) is 1. The minimum absolute atomic E-state index is 1.01. The third kappa shape index (κ3) is 13.1. The second kappa shape index (κ2) is 14.4. The molecule has 0 aromatic carbocycles. The second-order valence-corrected chi connectivity index (χ2v) is 8.49. The molecule has 146 valence electrons. The normalized spacial score (nSPS) is 12.0. The highest BCUT2D eigenvalue weighted by atomic mass is 16.3.